The fourth-order valence-electron chi connectivity index (χ4n) is 14.9. The van der Waals surface area contributed by atoms with E-state index in [1.807, 2.05) is 54.6 Å². The molecule has 7 aromatic carbocycles. The molecule has 0 spiro atoms. The van der Waals surface area contributed by atoms with Crippen LogP contribution in [0.25, 0.3) is 38.0 Å². The number of benzene rings is 7. The van der Waals surface area contributed by atoms with Crippen LogP contribution in [0.3, 0.4) is 0 Å². The van der Waals surface area contributed by atoms with Gasteiger partial charge in [0.2, 0.25) is 0 Å². The zero-order valence-electron chi connectivity index (χ0n) is 76.3. The average molecular weight is 1870 g/mol. The van der Waals surface area contributed by atoms with Gasteiger partial charge in [0.15, 0.2) is 24.7 Å². The smallest absolute Gasteiger partial charge is 0.427 e. The molecule has 10 rings (SSSR count). The van der Waals surface area contributed by atoms with E-state index in [-0.39, 0.29) is 35.7 Å². The molecule has 1 N–H and O–H groups in total. The minimum absolute atomic E-state index is 0.00980. The second-order valence-electron chi connectivity index (χ2n) is 32.5. The number of unbranched alkanes of at least 4 members (excludes halogenated alkanes) is 19. The number of nitrogens with one attached hydrogen (secondary N) is 1. The summed E-state index contributed by atoms with van der Waals surface area (Å²) in [6, 6.07) is 70.2. The number of halogens is 8. The number of H-pyrrole nitrogens is 1. The highest BCUT2D eigenvalue weighted by Crippen LogP contribution is 2.57. The number of carboxylic acid groups (broad SMARTS) is 1. The molecular weight excluding hydrogens is 1730 g/mol. The molecule has 0 bridgehead atoms. The first-order chi connectivity index (χ1) is 61.2. The van der Waals surface area contributed by atoms with Gasteiger partial charge in [0.05, 0.1) is 71.1 Å². The van der Waals surface area contributed by atoms with Crippen molar-refractivity contribution in [2.45, 2.75) is 265 Å². The molecular formula is C99H139F8N7O10S4. The molecule has 3 heterocycles. The van der Waals surface area contributed by atoms with Crippen LogP contribution >= 0.6 is 0 Å². The fraction of sp³-hybridized carbons (Fsp3) is 0.525. The van der Waals surface area contributed by atoms with Crippen molar-refractivity contribution in [2.75, 3.05) is 84.9 Å². The first-order valence-electron chi connectivity index (χ1n) is 45.8. The van der Waals surface area contributed by atoms with Gasteiger partial charge in [-0.05, 0) is 107 Å². The van der Waals surface area contributed by atoms with Gasteiger partial charge in [0.25, 0.3) is 10.0 Å². The van der Waals surface area contributed by atoms with Gasteiger partial charge in [0.1, 0.15) is 11.9 Å². The lowest BCUT2D eigenvalue weighted by molar-refractivity contribution is -0.929. The summed E-state index contributed by atoms with van der Waals surface area (Å²) >= 11 is 0. The summed E-state index contributed by atoms with van der Waals surface area (Å²) in [4.78, 5) is 38.1. The quantitative estimate of drug-likeness (QED) is 0.0123. The second kappa shape index (κ2) is 58.1. The van der Waals surface area contributed by atoms with E-state index in [0.29, 0.717) is 0 Å². The third kappa shape index (κ3) is 35.7. The first kappa shape index (κ1) is 111. The number of alkyl halides is 8. The number of aromatic nitrogens is 2. The summed E-state index contributed by atoms with van der Waals surface area (Å²) in [7, 11) is -19.7. The Morgan fingerprint density at radius 1 is 0.461 bits per heavy atom. The zero-order valence-corrected chi connectivity index (χ0v) is 79.6. The molecule has 2 aliphatic heterocycles. The minimum Gasteiger partial charge on any atom is -0.545 e. The highest BCUT2D eigenvalue weighted by atomic mass is 32.3. The van der Waals surface area contributed by atoms with Crippen LogP contribution in [0.5, 0.6) is 0 Å². The van der Waals surface area contributed by atoms with Crippen molar-refractivity contribution < 1.29 is 84.3 Å². The number of hydrogen-bond donors (Lipinski definition) is 1. The van der Waals surface area contributed by atoms with E-state index in [1.165, 1.54) is 253 Å². The number of rotatable bonds is 49. The number of piperazine rings is 1. The molecule has 0 aliphatic carbocycles. The Balaban J connectivity index is 0.000000282. The molecule has 1 unspecified atom stereocenters. The summed E-state index contributed by atoms with van der Waals surface area (Å²) in [6.45, 7) is 22.8. The van der Waals surface area contributed by atoms with Crippen molar-refractivity contribution in [3.63, 3.8) is 0 Å². The molecule has 1 atom stereocenters. The van der Waals surface area contributed by atoms with Crippen molar-refractivity contribution in [2.24, 2.45) is 0 Å². The molecule has 2 saturated heterocycles. The Kier molecular flexibility index (Phi) is 50.2. The SMILES string of the molecule is CCCCCCCCN(CCCCCCCC)CCCCCCCC.CCCC[N+](CCCC)(CCCC)CCCC.CS(=O)(=O)[N-]S(=O)(=O)C(F)(F)C(F)(F)C(F)(F)C(F)(F)S(=O)(=O)N1CCN(C2CCOC2=O)CC1.O=C([O-])c1ccccc1.c1ccc(-c2nc(-c3ccccc3)c(-c3ccccc3)[nH]2)cc1.c1ccc([S+](c2ccccc2)c2ccccc2)cc1. The number of ether oxygens (including phenoxy) is 1. The van der Waals surface area contributed by atoms with Crippen LogP contribution < -0.4 is 5.11 Å². The van der Waals surface area contributed by atoms with Crippen molar-refractivity contribution in [1.82, 2.24) is 24.1 Å². The van der Waals surface area contributed by atoms with Crippen LogP contribution in [-0.4, -0.2) is 179 Å². The van der Waals surface area contributed by atoms with E-state index in [4.69, 9.17) is 4.98 Å². The summed E-state index contributed by atoms with van der Waals surface area (Å²) < 4.78 is 188. The number of carbonyl (C=O) groups excluding carboxylic acids is 2. The van der Waals surface area contributed by atoms with Gasteiger partial charge >= 0.3 is 28.3 Å². The van der Waals surface area contributed by atoms with Crippen LogP contribution in [0.4, 0.5) is 35.1 Å². The Morgan fingerprint density at radius 3 is 1.12 bits per heavy atom. The summed E-state index contributed by atoms with van der Waals surface area (Å²) in [5.74, 6) is -16.2. The van der Waals surface area contributed by atoms with Crippen molar-refractivity contribution in [3.05, 3.63) is 222 Å². The Morgan fingerprint density at radius 2 is 0.789 bits per heavy atom. The molecule has 1 aromatic heterocycles. The number of sulfonamides is 3. The molecule has 2 fully saturated rings. The number of cyclic esters (lactones) is 1. The third-order valence-electron chi connectivity index (χ3n) is 22.2. The fourth-order valence-corrected chi connectivity index (χ4v) is 20.6. The maximum atomic E-state index is 14.4. The monoisotopic (exact) mass is 1870 g/mol. The van der Waals surface area contributed by atoms with E-state index in [2.05, 4.69) is 190 Å². The molecule has 0 amide bonds. The summed E-state index contributed by atoms with van der Waals surface area (Å²) in [6.07, 6.45) is 36.7. The van der Waals surface area contributed by atoms with E-state index in [0.717, 1.165) is 33.9 Å². The molecule has 2 aliphatic rings. The van der Waals surface area contributed by atoms with Crippen LogP contribution in [-0.2, 0) is 50.5 Å². The number of quaternary nitrogens is 1. The Bertz CT molecular complexity index is 4470. The normalized spacial score (nSPS) is 14.2. The van der Waals surface area contributed by atoms with Gasteiger partial charge in [-0.3, -0.25) is 9.69 Å². The van der Waals surface area contributed by atoms with E-state index in [9.17, 15) is 75.1 Å². The van der Waals surface area contributed by atoms with Gasteiger partial charge in [0, 0.05) is 55.5 Å². The number of aromatic amines is 1. The summed E-state index contributed by atoms with van der Waals surface area (Å²) in [5.41, 5.74) is 5.60. The molecule has 710 valence electrons. The second-order valence-corrected chi connectivity index (χ2v) is 40.0. The Hall–Kier alpha value is -7.87. The predicted molar refractivity (Wildman–Crippen MR) is 501 cm³/mol. The lowest BCUT2D eigenvalue weighted by Crippen LogP contribution is -2.68. The minimum atomic E-state index is -7.67. The number of nitrogens with zero attached hydrogens (tertiary/aromatic N) is 6. The van der Waals surface area contributed by atoms with Gasteiger partial charge in [-0.25, -0.2) is 30.2 Å². The van der Waals surface area contributed by atoms with Crippen LogP contribution in [0.1, 0.15) is 232 Å². The first-order valence-corrected chi connectivity index (χ1v) is 51.8. The Labute approximate surface area is 762 Å². The predicted octanol–water partition coefficient (Wildman–Crippen LogP) is 24.0. The number of carboxylic acids is 1. The largest absolute Gasteiger partial charge is 0.545 e. The lowest BCUT2D eigenvalue weighted by Gasteiger charge is -2.41. The third-order valence-corrected chi connectivity index (χ3v) is 29.2. The van der Waals surface area contributed by atoms with Crippen LogP contribution in [0.2, 0.25) is 0 Å². The van der Waals surface area contributed by atoms with Crippen LogP contribution in [0, 0.1) is 0 Å². The zero-order chi connectivity index (χ0) is 94.0. The van der Waals surface area contributed by atoms with Gasteiger partial charge in [-0.1, -0.05) is 346 Å². The maximum Gasteiger partial charge on any atom is 0.427 e. The van der Waals surface area contributed by atoms with E-state index < -0.39 is 101 Å². The standard InChI is InChI=1S/C24H51N.C21H16N2.C18H15S.C16H36N.C13H16F8N3O8S3.C7H6O2/c1-4-7-10-13-16-19-22-25(23-20-17-14-11-8-5-2)24-21-18-15-12-9-6-3;1-4-10-16(11-5-1)19-20(17-12-6-2-7-13-17)23-21(22-19)18-14-8-3-9-15-18;1-4-10-16(11-5-1)19(17-12-6-2-7-13-17)18-14-8-3-9-15-18;1-5-9-13-17(14-10-6-2,15-11-7-3)16-12-8-4;1-33(26,27)22-34(28,29)12(18,19)10(14,15)11(16,17)13(20,21)35(30,31)24-5-3-23(4-6-24)8-2-7-32-9(8)25;8-7(9)6-4-2-1-3-5-6/h4-24H2,1-3H3;1-15H,(H,22,23);1-15H;5-16H2,1-4H3;8H,2-7H2,1H3;1-5H,(H,8,9)/q;;2*+1;-1;/p-1. The molecule has 128 heavy (non-hydrogen) atoms. The highest BCUT2D eigenvalue weighted by Gasteiger charge is 2.86. The van der Waals surface area contributed by atoms with Crippen LogP contribution in [0.15, 0.2) is 227 Å². The molecule has 8 aromatic rings. The topological polar surface area (TPSA) is 221 Å². The number of aromatic carboxylic acids is 1. The van der Waals surface area contributed by atoms with Crippen molar-refractivity contribution >= 4 is 52.9 Å². The molecule has 0 saturated carbocycles. The van der Waals surface area contributed by atoms with Gasteiger partial charge in [-0.2, -0.15) is 39.4 Å². The molecule has 17 nitrogen and oxygen atoms in total. The summed E-state index contributed by atoms with van der Waals surface area (Å²) in [5, 5.41) is -4.21. The van der Waals surface area contributed by atoms with E-state index >= 15 is 0 Å². The maximum absolute atomic E-state index is 14.4. The van der Waals surface area contributed by atoms with Crippen molar-refractivity contribution in [3.8, 4) is 33.9 Å². The number of hydrogen-bond acceptors (Lipinski definition) is 13. The van der Waals surface area contributed by atoms with Gasteiger partial charge in [-0.15, -0.1) is 0 Å². The number of esters is 1. The lowest BCUT2D eigenvalue weighted by atomic mass is 10.1. The number of imidazole rings is 1. The molecule has 29 heteroatoms. The van der Waals surface area contributed by atoms with Gasteiger partial charge < -0.3 is 33.1 Å². The molecule has 0 radical (unpaired) electrons. The van der Waals surface area contributed by atoms with E-state index in [1.54, 1.807) is 18.2 Å². The highest BCUT2D eigenvalue weighted by molar-refractivity contribution is 8.12. The average Bonchev–Trinajstić information content (AvgIpc) is 0.816. The van der Waals surface area contributed by atoms with Crippen molar-refractivity contribution in [1.29, 1.82) is 0 Å². The number of carbonyl (C=O) groups is 2.